The first-order valence-electron chi connectivity index (χ1n) is 8.82. The van der Waals surface area contributed by atoms with Crippen molar-refractivity contribution in [2.24, 2.45) is 0 Å². The Balaban J connectivity index is 2.23. The molecule has 0 saturated heterocycles. The number of carboxylic acid groups (broad SMARTS) is 1. The topological polar surface area (TPSA) is 130 Å². The van der Waals surface area contributed by atoms with Gasteiger partial charge in [0.25, 0.3) is 11.5 Å². The Morgan fingerprint density at radius 3 is 2.28 bits per heavy atom. The van der Waals surface area contributed by atoms with Crippen LogP contribution in [0.1, 0.15) is 29.0 Å². The van der Waals surface area contributed by atoms with E-state index in [0.29, 0.717) is 12.1 Å². The van der Waals surface area contributed by atoms with Crippen LogP contribution in [0.3, 0.4) is 0 Å². The molecule has 0 fully saturated rings. The molecule has 0 radical (unpaired) electrons. The highest BCUT2D eigenvalue weighted by atomic mass is 16.4. The average molecular weight is 394 g/mol. The molecule has 9 heteroatoms. The van der Waals surface area contributed by atoms with Crippen LogP contribution in [0.15, 0.2) is 59.4 Å². The zero-order valence-electron chi connectivity index (χ0n) is 15.5. The lowest BCUT2D eigenvalue weighted by Gasteiger charge is -2.19. The number of carbonyl (C=O) groups excluding carboxylic acids is 2. The molecule has 2 aromatic carbocycles. The molecule has 3 aromatic rings. The largest absolute Gasteiger partial charge is 0.476 e. The number of hydrogen-bond acceptors (Lipinski definition) is 5. The Labute approximate surface area is 165 Å². The molecule has 3 N–H and O–H groups in total. The molecule has 0 spiro atoms. The summed E-state index contributed by atoms with van der Waals surface area (Å²) < 4.78 is 0.801. The van der Waals surface area contributed by atoms with E-state index in [4.69, 9.17) is 0 Å². The number of rotatable bonds is 5. The van der Waals surface area contributed by atoms with E-state index in [-0.39, 0.29) is 16.5 Å². The molecule has 0 bridgehead atoms. The normalized spacial score (nSPS) is 11.6. The third-order valence-electron chi connectivity index (χ3n) is 4.21. The van der Waals surface area contributed by atoms with Crippen molar-refractivity contribution in [1.82, 2.24) is 20.4 Å². The van der Waals surface area contributed by atoms with Crippen molar-refractivity contribution in [3.8, 4) is 0 Å². The van der Waals surface area contributed by atoms with Crippen LogP contribution in [0.25, 0.3) is 10.8 Å². The van der Waals surface area contributed by atoms with Gasteiger partial charge in [0, 0.05) is 11.9 Å². The molecule has 0 unspecified atom stereocenters. The summed E-state index contributed by atoms with van der Waals surface area (Å²) in [5, 5.41) is 18.4. The third kappa shape index (κ3) is 3.98. The van der Waals surface area contributed by atoms with Gasteiger partial charge in [-0.1, -0.05) is 48.5 Å². The van der Waals surface area contributed by atoms with Gasteiger partial charge in [-0.15, -0.1) is 0 Å². The maximum atomic E-state index is 13.1. The van der Waals surface area contributed by atoms with Crippen molar-refractivity contribution in [2.75, 3.05) is 6.54 Å². The number of urea groups is 1. The zero-order chi connectivity index (χ0) is 21.0. The lowest BCUT2D eigenvalue weighted by atomic mass is 10.1. The van der Waals surface area contributed by atoms with Gasteiger partial charge in [0.05, 0.1) is 5.39 Å². The van der Waals surface area contributed by atoms with Crippen LogP contribution in [-0.2, 0) is 4.79 Å². The second kappa shape index (κ2) is 8.34. The lowest BCUT2D eigenvalue weighted by molar-refractivity contribution is -0.122. The number of aromatic nitrogens is 2. The summed E-state index contributed by atoms with van der Waals surface area (Å²) in [5.74, 6) is -2.16. The summed E-state index contributed by atoms with van der Waals surface area (Å²) in [6.07, 6.45) is 0. The molecule has 148 valence electrons. The number of imide groups is 1. The van der Waals surface area contributed by atoms with E-state index in [1.807, 2.05) is 0 Å². The van der Waals surface area contributed by atoms with Crippen LogP contribution < -0.4 is 16.2 Å². The summed E-state index contributed by atoms with van der Waals surface area (Å²) in [6.45, 7) is 1.99. The number of carboxylic acids is 1. The maximum absolute atomic E-state index is 13.1. The number of benzene rings is 2. The standard InChI is InChI=1S/C20H18N4O5/c1-2-21-20(29)22-17(25)16(12-8-4-3-5-9-12)24-18(26)14-11-7-6-10-13(14)15(23-24)19(27)28/h3-11,16H,2H2,1H3,(H,27,28)(H2,21,22,25,29)/t16-/m0/s1. The van der Waals surface area contributed by atoms with E-state index >= 15 is 0 Å². The summed E-state index contributed by atoms with van der Waals surface area (Å²) >= 11 is 0. The minimum absolute atomic E-state index is 0.103. The van der Waals surface area contributed by atoms with Crippen LogP contribution in [0.2, 0.25) is 0 Å². The van der Waals surface area contributed by atoms with E-state index in [9.17, 15) is 24.3 Å². The Morgan fingerprint density at radius 1 is 1.03 bits per heavy atom. The zero-order valence-corrected chi connectivity index (χ0v) is 15.5. The van der Waals surface area contributed by atoms with Gasteiger partial charge in [0.2, 0.25) is 0 Å². The number of carbonyl (C=O) groups is 3. The quantitative estimate of drug-likeness (QED) is 0.602. The average Bonchev–Trinajstić information content (AvgIpc) is 2.70. The number of nitrogens with zero attached hydrogens (tertiary/aromatic N) is 2. The number of hydrogen-bond donors (Lipinski definition) is 3. The number of amides is 3. The number of aromatic carboxylic acids is 1. The Hall–Kier alpha value is -4.01. The van der Waals surface area contributed by atoms with Gasteiger partial charge in [0.1, 0.15) is 0 Å². The molecular formula is C20H18N4O5. The predicted octanol–water partition coefficient (Wildman–Crippen LogP) is 1.53. The predicted molar refractivity (Wildman–Crippen MR) is 105 cm³/mol. The smallest absolute Gasteiger partial charge is 0.357 e. The van der Waals surface area contributed by atoms with Crippen LogP contribution in [0, 0.1) is 0 Å². The fourth-order valence-corrected chi connectivity index (χ4v) is 2.96. The van der Waals surface area contributed by atoms with Crippen molar-refractivity contribution >= 4 is 28.7 Å². The highest BCUT2D eigenvalue weighted by Crippen LogP contribution is 2.20. The molecular weight excluding hydrogens is 376 g/mol. The molecule has 3 rings (SSSR count). The van der Waals surface area contributed by atoms with Crippen LogP contribution in [0.4, 0.5) is 4.79 Å². The number of fused-ring (bicyclic) bond motifs is 1. The van der Waals surface area contributed by atoms with E-state index in [2.05, 4.69) is 15.7 Å². The van der Waals surface area contributed by atoms with Crippen LogP contribution >= 0.6 is 0 Å². The molecule has 0 aliphatic heterocycles. The third-order valence-corrected chi connectivity index (χ3v) is 4.21. The summed E-state index contributed by atoms with van der Waals surface area (Å²) in [6, 6.07) is 12.3. The van der Waals surface area contributed by atoms with Gasteiger partial charge in [-0.25, -0.2) is 14.3 Å². The molecule has 0 aliphatic rings. The first kappa shape index (κ1) is 19.7. The molecule has 29 heavy (non-hydrogen) atoms. The lowest BCUT2D eigenvalue weighted by Crippen LogP contribution is -2.45. The van der Waals surface area contributed by atoms with Crippen molar-refractivity contribution in [2.45, 2.75) is 13.0 Å². The Kier molecular flexibility index (Phi) is 5.68. The van der Waals surface area contributed by atoms with Gasteiger partial charge in [-0.05, 0) is 18.6 Å². The first-order valence-corrected chi connectivity index (χ1v) is 8.82. The van der Waals surface area contributed by atoms with E-state index in [1.165, 1.54) is 12.1 Å². The fourth-order valence-electron chi connectivity index (χ4n) is 2.96. The van der Waals surface area contributed by atoms with Gasteiger partial charge >= 0.3 is 12.0 Å². The van der Waals surface area contributed by atoms with Crippen molar-refractivity contribution < 1.29 is 19.5 Å². The first-order chi connectivity index (χ1) is 13.9. The molecule has 0 saturated carbocycles. The molecule has 0 aliphatic carbocycles. The molecule has 9 nitrogen and oxygen atoms in total. The highest BCUT2D eigenvalue weighted by molar-refractivity contribution is 6.01. The van der Waals surface area contributed by atoms with Crippen molar-refractivity contribution in [1.29, 1.82) is 0 Å². The molecule has 1 atom stereocenters. The van der Waals surface area contributed by atoms with Gasteiger partial charge in [0.15, 0.2) is 11.7 Å². The van der Waals surface area contributed by atoms with E-state index in [1.54, 1.807) is 49.4 Å². The van der Waals surface area contributed by atoms with Gasteiger partial charge in [-0.3, -0.25) is 14.9 Å². The molecule has 1 heterocycles. The summed E-state index contributed by atoms with van der Waals surface area (Å²) in [7, 11) is 0. The van der Waals surface area contributed by atoms with Gasteiger partial charge in [-0.2, -0.15) is 5.10 Å². The molecule has 3 amide bonds. The van der Waals surface area contributed by atoms with Crippen LogP contribution in [-0.4, -0.2) is 39.3 Å². The summed E-state index contributed by atoms with van der Waals surface area (Å²) in [5.41, 5.74) is -0.645. The Bertz CT molecular complexity index is 1140. The number of nitrogens with one attached hydrogen (secondary N) is 2. The van der Waals surface area contributed by atoms with Crippen LogP contribution in [0.5, 0.6) is 0 Å². The monoisotopic (exact) mass is 394 g/mol. The SMILES string of the molecule is CCNC(=O)NC(=O)[C@H](c1ccccc1)n1nc(C(=O)O)c2ccccc2c1=O. The van der Waals surface area contributed by atoms with Crippen molar-refractivity contribution in [3.05, 3.63) is 76.2 Å². The highest BCUT2D eigenvalue weighted by Gasteiger charge is 2.28. The van der Waals surface area contributed by atoms with Crippen molar-refractivity contribution in [3.63, 3.8) is 0 Å². The summed E-state index contributed by atoms with van der Waals surface area (Å²) in [4.78, 5) is 49.5. The van der Waals surface area contributed by atoms with Gasteiger partial charge < -0.3 is 10.4 Å². The maximum Gasteiger partial charge on any atom is 0.357 e. The second-order valence-corrected chi connectivity index (χ2v) is 6.11. The van der Waals surface area contributed by atoms with E-state index < -0.39 is 29.5 Å². The fraction of sp³-hybridized carbons (Fsp3) is 0.150. The molecule has 1 aromatic heterocycles. The minimum atomic E-state index is -1.34. The Morgan fingerprint density at radius 2 is 1.66 bits per heavy atom. The second-order valence-electron chi connectivity index (χ2n) is 6.11. The van der Waals surface area contributed by atoms with E-state index in [0.717, 1.165) is 4.68 Å². The minimum Gasteiger partial charge on any atom is -0.476 e.